The Balaban J connectivity index is 1.78. The van der Waals surface area contributed by atoms with Crippen molar-refractivity contribution < 1.29 is 28.9 Å². The summed E-state index contributed by atoms with van der Waals surface area (Å²) >= 11 is 3.36. The number of hydrogen-bond donors (Lipinski definition) is 1. The lowest BCUT2D eigenvalue weighted by atomic mass is 10.2. The minimum absolute atomic E-state index is 0.136. The van der Waals surface area contributed by atoms with Crippen LogP contribution in [0.25, 0.3) is 0 Å². The van der Waals surface area contributed by atoms with Gasteiger partial charge in [-0.2, -0.15) is 5.10 Å². The van der Waals surface area contributed by atoms with Crippen LogP contribution in [-0.2, 0) is 9.53 Å². The van der Waals surface area contributed by atoms with E-state index in [1.165, 1.54) is 6.21 Å². The van der Waals surface area contributed by atoms with Crippen molar-refractivity contribution in [2.24, 2.45) is 5.10 Å². The van der Waals surface area contributed by atoms with Crippen molar-refractivity contribution in [2.45, 2.75) is 6.92 Å². The second-order valence-electron chi connectivity index (χ2n) is 7.21. The molecule has 0 unspecified atom stereocenters. The Hall–Kier alpha value is -3.62. The molecule has 1 fully saturated rings. The largest absolute Gasteiger partial charge is 0.490 e. The highest BCUT2D eigenvalue weighted by Crippen LogP contribution is 2.42. The van der Waals surface area contributed by atoms with E-state index < -0.39 is 21.2 Å². The molecule has 3 rings (SSSR count). The molecule has 0 atom stereocenters. The Morgan fingerprint density at radius 2 is 1.94 bits per heavy atom. The number of morpholine rings is 1. The number of carbonyl (C=O) groups excluding carboxylic acids is 1. The Bertz CT molecular complexity index is 1140. The summed E-state index contributed by atoms with van der Waals surface area (Å²) in [6.07, 6.45) is 1.42. The van der Waals surface area contributed by atoms with E-state index in [2.05, 4.69) is 26.5 Å². The zero-order chi connectivity index (χ0) is 25.4. The van der Waals surface area contributed by atoms with Crippen LogP contribution in [0.15, 0.2) is 39.9 Å². The molecule has 1 heterocycles. The van der Waals surface area contributed by atoms with Gasteiger partial charge in [0.2, 0.25) is 5.75 Å². The van der Waals surface area contributed by atoms with Gasteiger partial charge in [-0.3, -0.25) is 29.9 Å². The molecule has 0 bridgehead atoms. The average Bonchev–Trinajstić information content (AvgIpc) is 2.82. The number of benzene rings is 2. The molecule has 0 aromatic heterocycles. The van der Waals surface area contributed by atoms with Crippen LogP contribution >= 0.6 is 15.9 Å². The molecule has 1 aliphatic rings. The quantitative estimate of drug-likeness (QED) is 0.265. The van der Waals surface area contributed by atoms with Crippen molar-refractivity contribution in [2.75, 3.05) is 39.5 Å². The fourth-order valence-corrected chi connectivity index (χ4v) is 3.70. The first-order chi connectivity index (χ1) is 16.8. The summed E-state index contributed by atoms with van der Waals surface area (Å²) in [5.74, 6) is -0.0790. The van der Waals surface area contributed by atoms with Crippen molar-refractivity contribution in [3.8, 4) is 17.2 Å². The Morgan fingerprint density at radius 1 is 1.20 bits per heavy atom. The van der Waals surface area contributed by atoms with Gasteiger partial charge in [0.25, 0.3) is 11.6 Å². The predicted molar refractivity (Wildman–Crippen MR) is 128 cm³/mol. The Morgan fingerprint density at radius 3 is 2.60 bits per heavy atom. The minimum Gasteiger partial charge on any atom is -0.490 e. The number of nitro groups is 2. The number of nitrogens with zero attached hydrogens (tertiary/aromatic N) is 4. The summed E-state index contributed by atoms with van der Waals surface area (Å²) in [4.78, 5) is 35.0. The van der Waals surface area contributed by atoms with Crippen molar-refractivity contribution in [1.29, 1.82) is 0 Å². The Kier molecular flexibility index (Phi) is 9.05. The fourth-order valence-electron chi connectivity index (χ4n) is 3.16. The third kappa shape index (κ3) is 7.18. The first-order valence-electron chi connectivity index (χ1n) is 10.5. The molecule has 0 radical (unpaired) electrons. The molecule has 0 saturated carbocycles. The maximum atomic E-state index is 12.1. The third-order valence-corrected chi connectivity index (χ3v) is 5.36. The topological polar surface area (TPSA) is 159 Å². The molecular formula is C21H22BrN5O8. The number of nitrogens with one attached hydrogen (secondary N) is 1. The van der Waals surface area contributed by atoms with Gasteiger partial charge < -0.3 is 14.2 Å². The van der Waals surface area contributed by atoms with E-state index in [1.807, 2.05) is 4.90 Å². The van der Waals surface area contributed by atoms with E-state index in [0.717, 1.165) is 18.2 Å². The van der Waals surface area contributed by atoms with Crippen LogP contribution in [0.3, 0.4) is 0 Å². The number of rotatable bonds is 10. The van der Waals surface area contributed by atoms with Gasteiger partial charge in [0.15, 0.2) is 11.5 Å². The molecule has 35 heavy (non-hydrogen) atoms. The Labute approximate surface area is 208 Å². The summed E-state index contributed by atoms with van der Waals surface area (Å²) in [6.45, 7) is 4.74. The summed E-state index contributed by atoms with van der Waals surface area (Å²) in [7, 11) is 0. The molecule has 14 heteroatoms. The van der Waals surface area contributed by atoms with Gasteiger partial charge in [-0.05, 0) is 46.6 Å². The van der Waals surface area contributed by atoms with Gasteiger partial charge in [0.05, 0.1) is 53.0 Å². The summed E-state index contributed by atoms with van der Waals surface area (Å²) < 4.78 is 17.0. The molecule has 186 valence electrons. The molecule has 1 aliphatic heterocycles. The van der Waals surface area contributed by atoms with Crippen LogP contribution in [0.1, 0.15) is 12.5 Å². The van der Waals surface area contributed by atoms with Crippen LogP contribution in [0.2, 0.25) is 0 Å². The summed E-state index contributed by atoms with van der Waals surface area (Å²) in [6, 6.07) is 6.28. The normalized spacial score (nSPS) is 14.0. The van der Waals surface area contributed by atoms with Gasteiger partial charge in [-0.15, -0.1) is 0 Å². The maximum absolute atomic E-state index is 12.1. The number of amides is 1. The number of ether oxygens (including phenoxy) is 3. The number of nitro benzene ring substituents is 2. The lowest BCUT2D eigenvalue weighted by molar-refractivity contribution is -0.394. The molecule has 2 aromatic carbocycles. The van der Waals surface area contributed by atoms with Gasteiger partial charge >= 0.3 is 5.69 Å². The van der Waals surface area contributed by atoms with E-state index in [4.69, 9.17) is 14.2 Å². The van der Waals surface area contributed by atoms with Crippen molar-refractivity contribution >= 4 is 39.4 Å². The molecular weight excluding hydrogens is 530 g/mol. The van der Waals surface area contributed by atoms with Gasteiger partial charge in [0, 0.05) is 19.2 Å². The monoisotopic (exact) mass is 551 g/mol. The summed E-state index contributed by atoms with van der Waals surface area (Å²) in [5.41, 5.74) is 2.02. The molecule has 1 saturated heterocycles. The number of hydrogen-bond acceptors (Lipinski definition) is 10. The second-order valence-corrected chi connectivity index (χ2v) is 8.07. The number of non-ortho nitro benzene ring substituents is 1. The zero-order valence-corrected chi connectivity index (χ0v) is 20.2. The smallest absolute Gasteiger partial charge is 0.318 e. The standard InChI is InChI=1S/C21H22BrN5O8/c1-2-34-19-10-14(12-23-24-20(28)13-25-5-7-33-8-6-25)9-16(22)21(19)35-18-4-3-15(26(29)30)11-17(18)27(31)32/h3-4,9-12H,2,5-8,13H2,1H3,(H,24,28)/b23-12-. The fraction of sp³-hybridized carbons (Fsp3) is 0.333. The van der Waals surface area contributed by atoms with Gasteiger partial charge in [0.1, 0.15) is 0 Å². The number of hydrazone groups is 1. The number of halogens is 1. The maximum Gasteiger partial charge on any atom is 0.318 e. The molecule has 1 N–H and O–H groups in total. The number of carbonyl (C=O) groups is 1. The van der Waals surface area contributed by atoms with E-state index in [9.17, 15) is 25.0 Å². The molecule has 1 amide bonds. The van der Waals surface area contributed by atoms with Crippen LogP contribution in [0.4, 0.5) is 11.4 Å². The first-order valence-corrected chi connectivity index (χ1v) is 11.3. The van der Waals surface area contributed by atoms with E-state index in [-0.39, 0.29) is 36.3 Å². The lowest BCUT2D eigenvalue weighted by Crippen LogP contribution is -2.42. The average molecular weight is 552 g/mol. The highest BCUT2D eigenvalue weighted by Gasteiger charge is 2.23. The van der Waals surface area contributed by atoms with E-state index >= 15 is 0 Å². The second kappa shape index (κ2) is 12.2. The summed E-state index contributed by atoms with van der Waals surface area (Å²) in [5, 5.41) is 26.4. The van der Waals surface area contributed by atoms with E-state index in [1.54, 1.807) is 19.1 Å². The predicted octanol–water partition coefficient (Wildman–Crippen LogP) is 3.24. The van der Waals surface area contributed by atoms with E-state index in [0.29, 0.717) is 36.3 Å². The SMILES string of the molecule is CCOc1cc(/C=N\NC(=O)CN2CCOCC2)cc(Br)c1Oc1ccc([N+](=O)[O-])cc1[N+](=O)[O-]. The van der Waals surface area contributed by atoms with Crippen LogP contribution < -0.4 is 14.9 Å². The third-order valence-electron chi connectivity index (χ3n) is 4.77. The van der Waals surface area contributed by atoms with Gasteiger partial charge in [-0.1, -0.05) is 0 Å². The van der Waals surface area contributed by atoms with Crippen LogP contribution in [0, 0.1) is 20.2 Å². The molecule has 0 spiro atoms. The van der Waals surface area contributed by atoms with Crippen LogP contribution in [-0.4, -0.2) is 66.3 Å². The van der Waals surface area contributed by atoms with Gasteiger partial charge in [-0.25, -0.2) is 5.43 Å². The zero-order valence-electron chi connectivity index (χ0n) is 18.6. The molecule has 13 nitrogen and oxygen atoms in total. The highest BCUT2D eigenvalue weighted by molar-refractivity contribution is 9.10. The lowest BCUT2D eigenvalue weighted by Gasteiger charge is -2.25. The highest BCUT2D eigenvalue weighted by atomic mass is 79.9. The molecule has 2 aromatic rings. The van der Waals surface area contributed by atoms with Crippen molar-refractivity contribution in [3.05, 3.63) is 60.6 Å². The van der Waals surface area contributed by atoms with Crippen molar-refractivity contribution in [1.82, 2.24) is 10.3 Å². The molecule has 0 aliphatic carbocycles. The first kappa shape index (κ1) is 26.0. The van der Waals surface area contributed by atoms with Crippen molar-refractivity contribution in [3.63, 3.8) is 0 Å². The van der Waals surface area contributed by atoms with Crippen LogP contribution in [0.5, 0.6) is 17.2 Å². The minimum atomic E-state index is -0.767.